The first-order valence-electron chi connectivity index (χ1n) is 5.92. The first-order valence-corrected chi connectivity index (χ1v) is 7.09. The van der Waals surface area contributed by atoms with Crippen LogP contribution in [0.2, 0.25) is 5.02 Å². The van der Waals surface area contributed by atoms with Crippen molar-refractivity contribution in [3.8, 4) is 6.07 Å². The molecule has 0 aliphatic rings. The topological polar surface area (TPSA) is 76.1 Å². The van der Waals surface area contributed by atoms with Gasteiger partial charge in [0.2, 0.25) is 0 Å². The molecule has 106 valence electrons. The number of benzene rings is 2. The highest BCUT2D eigenvalue weighted by Crippen LogP contribution is 2.25. The normalized spacial score (nSPS) is 9.95. The van der Waals surface area contributed by atoms with Gasteiger partial charge in [0.15, 0.2) is 0 Å². The number of carbonyl (C=O) groups excluding carboxylic acids is 1. The van der Waals surface area contributed by atoms with Gasteiger partial charge in [0.05, 0.1) is 21.7 Å². The van der Waals surface area contributed by atoms with Crippen molar-refractivity contribution in [3.05, 3.63) is 62.6 Å². The molecule has 0 amide bonds. The molecule has 0 aliphatic carbocycles. The number of nitrogens with zero attached hydrogens (tertiary/aromatic N) is 1. The highest BCUT2D eigenvalue weighted by atomic mass is 79.9. The van der Waals surface area contributed by atoms with Crippen LogP contribution < -0.4 is 5.73 Å². The fourth-order valence-electron chi connectivity index (χ4n) is 1.66. The number of carbonyl (C=O) groups is 1. The van der Waals surface area contributed by atoms with E-state index in [0.717, 1.165) is 0 Å². The zero-order valence-electron chi connectivity index (χ0n) is 10.8. The summed E-state index contributed by atoms with van der Waals surface area (Å²) < 4.78 is 5.71. The highest BCUT2D eigenvalue weighted by molar-refractivity contribution is 9.10. The Kier molecular flexibility index (Phi) is 4.84. The SMILES string of the molecule is N#Cc1ccc(COC(=O)c2cccc(N)c2Br)c(Cl)c1. The lowest BCUT2D eigenvalue weighted by molar-refractivity contribution is 0.0472. The molecule has 0 atom stereocenters. The number of halogens is 2. The van der Waals surface area contributed by atoms with Crippen molar-refractivity contribution < 1.29 is 9.53 Å². The molecule has 0 fully saturated rings. The molecule has 2 rings (SSSR count). The van der Waals surface area contributed by atoms with E-state index < -0.39 is 5.97 Å². The molecule has 2 aromatic rings. The summed E-state index contributed by atoms with van der Waals surface area (Å²) in [7, 11) is 0. The quantitative estimate of drug-likeness (QED) is 0.661. The molecule has 2 N–H and O–H groups in total. The standard InChI is InChI=1S/C15H10BrClN2O2/c16-14-11(2-1-3-13(14)19)15(20)21-8-10-5-4-9(7-18)6-12(10)17/h1-6H,8,19H2. The zero-order chi connectivity index (χ0) is 15.4. The average molecular weight is 366 g/mol. The van der Waals surface area contributed by atoms with Crippen LogP contribution in [0, 0.1) is 11.3 Å². The van der Waals surface area contributed by atoms with Crippen LogP contribution in [0.1, 0.15) is 21.5 Å². The van der Waals surface area contributed by atoms with Crippen molar-refractivity contribution >= 4 is 39.2 Å². The minimum Gasteiger partial charge on any atom is -0.457 e. The van der Waals surface area contributed by atoms with Crippen LogP contribution in [0.15, 0.2) is 40.9 Å². The molecule has 0 aliphatic heterocycles. The fraction of sp³-hybridized carbons (Fsp3) is 0.0667. The van der Waals surface area contributed by atoms with E-state index in [1.165, 1.54) is 6.07 Å². The van der Waals surface area contributed by atoms with Gasteiger partial charge in [-0.15, -0.1) is 0 Å². The number of hydrogen-bond acceptors (Lipinski definition) is 4. The van der Waals surface area contributed by atoms with E-state index in [9.17, 15) is 4.79 Å². The lowest BCUT2D eigenvalue weighted by atomic mass is 10.1. The third-order valence-corrected chi connectivity index (χ3v) is 4.03. The predicted octanol–water partition coefficient (Wildman–Crippen LogP) is 3.91. The summed E-state index contributed by atoms with van der Waals surface area (Å²) in [5, 5.41) is 9.15. The average Bonchev–Trinajstić information content (AvgIpc) is 2.48. The summed E-state index contributed by atoms with van der Waals surface area (Å²) >= 11 is 9.27. The molecule has 0 unspecified atom stereocenters. The number of nitriles is 1. The summed E-state index contributed by atoms with van der Waals surface area (Å²) in [6, 6.07) is 11.8. The van der Waals surface area contributed by atoms with Crippen molar-refractivity contribution in [2.24, 2.45) is 0 Å². The fourth-order valence-corrected chi connectivity index (χ4v) is 2.32. The second-order valence-electron chi connectivity index (χ2n) is 4.20. The maximum atomic E-state index is 12.0. The number of hydrogen-bond donors (Lipinski definition) is 1. The first kappa shape index (κ1) is 15.4. The van der Waals surface area contributed by atoms with Gasteiger partial charge in [-0.1, -0.05) is 23.7 Å². The molecule has 0 heterocycles. The lowest BCUT2D eigenvalue weighted by Gasteiger charge is -2.09. The van der Waals surface area contributed by atoms with Crippen LogP contribution in [-0.4, -0.2) is 5.97 Å². The molecule has 0 saturated heterocycles. The van der Waals surface area contributed by atoms with Crippen molar-refractivity contribution in [3.63, 3.8) is 0 Å². The second-order valence-corrected chi connectivity index (χ2v) is 5.40. The molecular weight excluding hydrogens is 356 g/mol. The van der Waals surface area contributed by atoms with Crippen LogP contribution in [0.5, 0.6) is 0 Å². The minimum absolute atomic E-state index is 0.0185. The van der Waals surface area contributed by atoms with E-state index in [0.29, 0.717) is 31.9 Å². The van der Waals surface area contributed by atoms with Crippen molar-refractivity contribution in [2.75, 3.05) is 5.73 Å². The van der Waals surface area contributed by atoms with E-state index in [4.69, 9.17) is 27.3 Å². The van der Waals surface area contributed by atoms with E-state index in [2.05, 4.69) is 15.9 Å². The number of anilines is 1. The first-order chi connectivity index (χ1) is 10.0. The monoisotopic (exact) mass is 364 g/mol. The molecule has 2 aromatic carbocycles. The molecule has 0 radical (unpaired) electrons. The second kappa shape index (κ2) is 6.61. The van der Waals surface area contributed by atoms with E-state index in [-0.39, 0.29) is 6.61 Å². The number of esters is 1. The molecular formula is C15H10BrClN2O2. The van der Waals surface area contributed by atoms with Crippen LogP contribution in [-0.2, 0) is 11.3 Å². The largest absolute Gasteiger partial charge is 0.457 e. The van der Waals surface area contributed by atoms with Gasteiger partial charge < -0.3 is 10.5 Å². The van der Waals surface area contributed by atoms with E-state index in [1.807, 2.05) is 6.07 Å². The Balaban J connectivity index is 2.11. The molecule has 0 bridgehead atoms. The highest BCUT2D eigenvalue weighted by Gasteiger charge is 2.14. The Bertz CT molecular complexity index is 741. The zero-order valence-corrected chi connectivity index (χ0v) is 13.1. The Labute approximate surface area is 135 Å². The molecule has 4 nitrogen and oxygen atoms in total. The van der Waals surface area contributed by atoms with E-state index in [1.54, 1.807) is 30.3 Å². The smallest absolute Gasteiger partial charge is 0.339 e. The maximum Gasteiger partial charge on any atom is 0.339 e. The molecule has 6 heteroatoms. The third-order valence-electron chi connectivity index (χ3n) is 2.79. The minimum atomic E-state index is -0.505. The van der Waals surface area contributed by atoms with Crippen LogP contribution in [0.3, 0.4) is 0 Å². The van der Waals surface area contributed by atoms with Gasteiger partial charge in [-0.05, 0) is 40.2 Å². The van der Waals surface area contributed by atoms with Crippen molar-refractivity contribution in [1.82, 2.24) is 0 Å². The number of ether oxygens (including phenoxy) is 1. The summed E-state index contributed by atoms with van der Waals surface area (Å²) in [5.74, 6) is -0.505. The maximum absolute atomic E-state index is 12.0. The van der Waals surface area contributed by atoms with Gasteiger partial charge in [0, 0.05) is 16.3 Å². The van der Waals surface area contributed by atoms with Crippen molar-refractivity contribution in [2.45, 2.75) is 6.61 Å². The summed E-state index contributed by atoms with van der Waals surface area (Å²) in [6.07, 6.45) is 0. The van der Waals surface area contributed by atoms with Crippen LogP contribution >= 0.6 is 27.5 Å². The Hall–Kier alpha value is -2.03. The van der Waals surface area contributed by atoms with Gasteiger partial charge in [-0.25, -0.2) is 4.79 Å². The van der Waals surface area contributed by atoms with E-state index >= 15 is 0 Å². The Morgan fingerprint density at radius 1 is 1.38 bits per heavy atom. The molecule has 0 saturated carbocycles. The lowest BCUT2D eigenvalue weighted by Crippen LogP contribution is -2.07. The third kappa shape index (κ3) is 3.54. The van der Waals surface area contributed by atoms with Crippen molar-refractivity contribution in [1.29, 1.82) is 5.26 Å². The van der Waals surface area contributed by atoms with Crippen LogP contribution in [0.4, 0.5) is 5.69 Å². The summed E-state index contributed by atoms with van der Waals surface area (Å²) in [6.45, 7) is 0.0185. The van der Waals surface area contributed by atoms with Gasteiger partial charge in [0.25, 0.3) is 0 Å². The number of rotatable bonds is 3. The van der Waals surface area contributed by atoms with Gasteiger partial charge >= 0.3 is 5.97 Å². The van der Waals surface area contributed by atoms with Gasteiger partial charge in [-0.3, -0.25) is 0 Å². The summed E-state index contributed by atoms with van der Waals surface area (Å²) in [4.78, 5) is 12.0. The van der Waals surface area contributed by atoms with Crippen LogP contribution in [0.25, 0.3) is 0 Å². The van der Waals surface area contributed by atoms with Gasteiger partial charge in [-0.2, -0.15) is 5.26 Å². The predicted molar refractivity (Wildman–Crippen MR) is 83.8 cm³/mol. The van der Waals surface area contributed by atoms with Gasteiger partial charge in [0.1, 0.15) is 6.61 Å². The molecule has 0 spiro atoms. The number of nitrogens with two attached hydrogens (primary N) is 1. The Morgan fingerprint density at radius 3 is 2.81 bits per heavy atom. The molecule has 21 heavy (non-hydrogen) atoms. The molecule has 0 aromatic heterocycles. The summed E-state index contributed by atoms with van der Waals surface area (Å²) in [5.41, 5.74) is 7.60. The number of nitrogen functional groups attached to an aromatic ring is 1. The Morgan fingerprint density at radius 2 is 2.14 bits per heavy atom.